The minimum Gasteiger partial charge on any atom is -0.304 e. The molecular weight excluding hydrogens is 242 g/mol. The molecule has 0 aliphatic rings. The number of rotatable bonds is 7. The van der Waals surface area contributed by atoms with Crippen molar-refractivity contribution in [1.29, 1.82) is 0 Å². The van der Waals surface area contributed by atoms with Gasteiger partial charge >= 0.3 is 0 Å². The van der Waals surface area contributed by atoms with Crippen molar-refractivity contribution in [1.82, 2.24) is 0 Å². The van der Waals surface area contributed by atoms with Gasteiger partial charge in [0.1, 0.15) is 5.69 Å². The van der Waals surface area contributed by atoms with Crippen LogP contribution in [-0.2, 0) is 0 Å². The Hall–Kier alpha value is -1.34. The Kier molecular flexibility index (Phi) is 5.60. The normalized spacial score (nSPS) is 14.3. The summed E-state index contributed by atoms with van der Waals surface area (Å²) in [5, 5.41) is 2.75. The predicted molar refractivity (Wildman–Crippen MR) is 88.7 cm³/mol. The summed E-state index contributed by atoms with van der Waals surface area (Å²) in [7, 11) is 2.32. The lowest BCUT2D eigenvalue weighted by atomic mass is 9.98. The Bertz CT molecular complexity index is 527. The molecule has 0 fully saturated rings. The fourth-order valence-electron chi connectivity index (χ4n) is 3.08. The van der Waals surface area contributed by atoms with E-state index < -0.39 is 0 Å². The molecule has 2 atom stereocenters. The third-order valence-corrected chi connectivity index (χ3v) is 4.39. The van der Waals surface area contributed by atoms with E-state index in [9.17, 15) is 0 Å². The lowest BCUT2D eigenvalue weighted by Gasteiger charge is -2.21. The van der Waals surface area contributed by atoms with Crippen LogP contribution in [-0.4, -0.2) is 13.6 Å². The van der Waals surface area contributed by atoms with Crippen LogP contribution in [0.2, 0.25) is 0 Å². The number of fused-ring (bicyclic) bond motifs is 1. The van der Waals surface area contributed by atoms with Crippen molar-refractivity contribution in [2.24, 2.45) is 5.92 Å². The van der Waals surface area contributed by atoms with Gasteiger partial charge < -0.3 is 4.90 Å². The van der Waals surface area contributed by atoms with Crippen LogP contribution in [0.3, 0.4) is 0 Å². The highest BCUT2D eigenvalue weighted by molar-refractivity contribution is 5.90. The van der Waals surface area contributed by atoms with E-state index in [1.165, 1.54) is 48.7 Å². The van der Waals surface area contributed by atoms with Gasteiger partial charge in [-0.2, -0.15) is 0 Å². The van der Waals surface area contributed by atoms with E-state index >= 15 is 0 Å². The van der Waals surface area contributed by atoms with E-state index in [4.69, 9.17) is 0 Å². The molecule has 2 aromatic carbocycles. The summed E-state index contributed by atoms with van der Waals surface area (Å²) in [6.07, 6.45) is 5.34. The van der Waals surface area contributed by atoms with Gasteiger partial charge in [-0.05, 0) is 30.4 Å². The van der Waals surface area contributed by atoms with Crippen LogP contribution in [0.5, 0.6) is 0 Å². The van der Waals surface area contributed by atoms with Crippen LogP contribution in [0.15, 0.2) is 42.5 Å². The number of nitrogens with one attached hydrogen (secondary N) is 1. The summed E-state index contributed by atoms with van der Waals surface area (Å²) < 4.78 is 0. The number of hydrogen-bond acceptors (Lipinski definition) is 0. The molecule has 0 spiro atoms. The maximum atomic E-state index is 2.33. The van der Waals surface area contributed by atoms with Crippen LogP contribution in [0.1, 0.15) is 39.5 Å². The first kappa shape index (κ1) is 15.1. The topological polar surface area (TPSA) is 4.44 Å². The second-order valence-corrected chi connectivity index (χ2v) is 5.93. The van der Waals surface area contributed by atoms with Crippen LogP contribution in [0, 0.1) is 5.92 Å². The zero-order valence-corrected chi connectivity index (χ0v) is 13.2. The van der Waals surface area contributed by atoms with Crippen molar-refractivity contribution in [3.8, 4) is 0 Å². The quantitative estimate of drug-likeness (QED) is 0.769. The number of quaternary nitrogens is 1. The Labute approximate surface area is 123 Å². The summed E-state index contributed by atoms with van der Waals surface area (Å²) in [5.41, 5.74) is 1.44. The van der Waals surface area contributed by atoms with Crippen molar-refractivity contribution in [2.45, 2.75) is 39.5 Å². The van der Waals surface area contributed by atoms with E-state index in [0.29, 0.717) is 0 Å². The van der Waals surface area contributed by atoms with Crippen molar-refractivity contribution in [2.75, 3.05) is 13.6 Å². The number of hydrogen-bond donors (Lipinski definition) is 1. The Morgan fingerprint density at radius 1 is 1.00 bits per heavy atom. The van der Waals surface area contributed by atoms with Crippen LogP contribution in [0.25, 0.3) is 10.8 Å². The highest BCUT2D eigenvalue weighted by atomic mass is 15.1. The molecular formula is C19H28N+. The first-order valence-electron chi connectivity index (χ1n) is 8.06. The summed E-state index contributed by atoms with van der Waals surface area (Å²) in [4.78, 5) is 1.55. The lowest BCUT2D eigenvalue weighted by molar-refractivity contribution is -0.813. The van der Waals surface area contributed by atoms with Gasteiger partial charge in [-0.15, -0.1) is 0 Å². The van der Waals surface area contributed by atoms with E-state index in [1.54, 1.807) is 4.90 Å². The van der Waals surface area contributed by atoms with E-state index in [0.717, 1.165) is 5.92 Å². The van der Waals surface area contributed by atoms with Gasteiger partial charge in [-0.25, -0.2) is 0 Å². The predicted octanol–water partition coefficient (Wildman–Crippen LogP) is 4.20. The summed E-state index contributed by atoms with van der Waals surface area (Å²) >= 11 is 0. The third-order valence-electron chi connectivity index (χ3n) is 4.39. The molecule has 0 amide bonds. The smallest absolute Gasteiger partial charge is 0.138 e. The SMILES string of the molecule is CCCCC(CC)C[NH+](C)c1cccc2ccccc12. The molecule has 1 N–H and O–H groups in total. The molecule has 0 aliphatic heterocycles. The summed E-state index contributed by atoms with van der Waals surface area (Å²) in [5.74, 6) is 0.842. The summed E-state index contributed by atoms with van der Waals surface area (Å²) in [6, 6.07) is 15.4. The molecule has 2 aromatic rings. The molecule has 20 heavy (non-hydrogen) atoms. The Morgan fingerprint density at radius 3 is 2.50 bits per heavy atom. The minimum absolute atomic E-state index is 0.842. The maximum Gasteiger partial charge on any atom is 0.138 e. The van der Waals surface area contributed by atoms with Crippen LogP contribution in [0.4, 0.5) is 5.69 Å². The van der Waals surface area contributed by atoms with Crippen LogP contribution >= 0.6 is 0 Å². The zero-order chi connectivity index (χ0) is 14.4. The average molecular weight is 270 g/mol. The fourth-order valence-corrected chi connectivity index (χ4v) is 3.08. The molecule has 2 unspecified atom stereocenters. The van der Waals surface area contributed by atoms with E-state index in [1.807, 2.05) is 0 Å². The molecule has 0 radical (unpaired) electrons. The molecule has 0 saturated heterocycles. The highest BCUT2D eigenvalue weighted by Crippen LogP contribution is 2.20. The van der Waals surface area contributed by atoms with Gasteiger partial charge in [-0.1, -0.05) is 57.0 Å². The van der Waals surface area contributed by atoms with E-state index in [-0.39, 0.29) is 0 Å². The highest BCUT2D eigenvalue weighted by Gasteiger charge is 2.16. The largest absolute Gasteiger partial charge is 0.304 e. The standard InChI is InChI=1S/C19H27N/c1-4-6-10-16(5-2)15-20(3)19-14-9-12-17-11-7-8-13-18(17)19/h7-9,11-14,16H,4-6,10,15H2,1-3H3/p+1. The molecule has 1 heteroatoms. The maximum absolute atomic E-state index is 2.33. The average Bonchev–Trinajstić information content (AvgIpc) is 2.50. The molecule has 0 saturated carbocycles. The second kappa shape index (κ2) is 7.44. The van der Waals surface area contributed by atoms with Crippen LogP contribution < -0.4 is 4.90 Å². The Balaban J connectivity index is 2.16. The zero-order valence-electron chi connectivity index (χ0n) is 13.2. The molecule has 0 heterocycles. The number of benzene rings is 2. The molecule has 0 aromatic heterocycles. The van der Waals surface area contributed by atoms with Gasteiger partial charge in [-0.3, -0.25) is 0 Å². The summed E-state index contributed by atoms with van der Waals surface area (Å²) in [6.45, 7) is 5.86. The number of unbranched alkanes of at least 4 members (excludes halogenated alkanes) is 1. The van der Waals surface area contributed by atoms with Gasteiger partial charge in [0, 0.05) is 11.3 Å². The first-order valence-corrected chi connectivity index (χ1v) is 8.06. The first-order chi connectivity index (χ1) is 9.76. The van der Waals surface area contributed by atoms with E-state index in [2.05, 4.69) is 63.4 Å². The van der Waals surface area contributed by atoms with Gasteiger partial charge in [0.05, 0.1) is 13.6 Å². The fraction of sp³-hybridized carbons (Fsp3) is 0.474. The molecule has 0 bridgehead atoms. The van der Waals surface area contributed by atoms with Gasteiger partial charge in [0.25, 0.3) is 0 Å². The van der Waals surface area contributed by atoms with Crippen molar-refractivity contribution < 1.29 is 4.90 Å². The third kappa shape index (κ3) is 3.61. The van der Waals surface area contributed by atoms with Crippen molar-refractivity contribution in [3.05, 3.63) is 42.5 Å². The molecule has 2 rings (SSSR count). The van der Waals surface area contributed by atoms with Gasteiger partial charge in [0.15, 0.2) is 0 Å². The molecule has 0 aliphatic carbocycles. The lowest BCUT2D eigenvalue weighted by Crippen LogP contribution is -3.04. The Morgan fingerprint density at radius 2 is 1.75 bits per heavy atom. The monoisotopic (exact) mass is 270 g/mol. The minimum atomic E-state index is 0.842. The molecule has 1 nitrogen and oxygen atoms in total. The molecule has 108 valence electrons. The second-order valence-electron chi connectivity index (χ2n) is 5.93. The van der Waals surface area contributed by atoms with Crippen molar-refractivity contribution >= 4 is 16.5 Å². The van der Waals surface area contributed by atoms with Gasteiger partial charge in [0.2, 0.25) is 0 Å². The van der Waals surface area contributed by atoms with Crippen molar-refractivity contribution in [3.63, 3.8) is 0 Å².